The molecule has 0 bridgehead atoms. The van der Waals surface area contributed by atoms with Crippen LogP contribution >= 0.6 is 0 Å². The molecular weight excluding hydrogens is 401 g/mol. The van der Waals surface area contributed by atoms with Crippen LogP contribution < -0.4 is 39.6 Å². The number of anilines is 1. The molecule has 0 aliphatic carbocycles. The standard InChI is InChI=1S/C24H27N3O3.Na/c1-18-24(27(2)15-9-10-16-30-17-21(28)29)26-23(20-13-7-4-8-14-20)22(25-18)19-11-5-3-6-12-19;/h3-8,11-14H,9-10,15-17H2,1-2H3,(H,28,29);/q;+1/p-1. The summed E-state index contributed by atoms with van der Waals surface area (Å²) < 4.78 is 5.04. The van der Waals surface area contributed by atoms with Crippen molar-refractivity contribution in [1.29, 1.82) is 0 Å². The predicted molar refractivity (Wildman–Crippen MR) is 116 cm³/mol. The number of carboxylic acid groups (broad SMARTS) is 1. The second-order valence-electron chi connectivity index (χ2n) is 7.12. The van der Waals surface area contributed by atoms with Gasteiger partial charge in [-0.1, -0.05) is 60.7 Å². The fourth-order valence-corrected chi connectivity index (χ4v) is 3.28. The van der Waals surface area contributed by atoms with Gasteiger partial charge in [0.1, 0.15) is 0 Å². The summed E-state index contributed by atoms with van der Waals surface area (Å²) in [6.45, 7) is 2.78. The summed E-state index contributed by atoms with van der Waals surface area (Å²) >= 11 is 0. The molecule has 2 aromatic carbocycles. The van der Waals surface area contributed by atoms with Crippen LogP contribution in [-0.4, -0.2) is 42.7 Å². The third kappa shape index (κ3) is 7.14. The van der Waals surface area contributed by atoms with Gasteiger partial charge in [-0.2, -0.15) is 0 Å². The van der Waals surface area contributed by atoms with Crippen molar-refractivity contribution in [3.63, 3.8) is 0 Å². The van der Waals surface area contributed by atoms with E-state index in [1.807, 2.05) is 74.6 Å². The number of carboxylic acids is 1. The molecule has 0 aliphatic heterocycles. The monoisotopic (exact) mass is 427 g/mol. The third-order valence-corrected chi connectivity index (χ3v) is 4.75. The van der Waals surface area contributed by atoms with Gasteiger partial charge in [-0.05, 0) is 19.8 Å². The molecule has 6 nitrogen and oxygen atoms in total. The molecule has 31 heavy (non-hydrogen) atoms. The zero-order chi connectivity index (χ0) is 21.3. The first kappa shape index (κ1) is 25.0. The van der Waals surface area contributed by atoms with Gasteiger partial charge in [0.25, 0.3) is 0 Å². The Kier molecular flexibility index (Phi) is 10.1. The Morgan fingerprint density at radius 3 is 2.03 bits per heavy atom. The Labute approximate surface area is 205 Å². The number of carbonyl (C=O) groups excluding carboxylic acids is 1. The summed E-state index contributed by atoms with van der Waals surface area (Å²) in [5.74, 6) is -0.353. The number of carbonyl (C=O) groups is 1. The maximum absolute atomic E-state index is 10.4. The van der Waals surface area contributed by atoms with Gasteiger partial charge in [-0.25, -0.2) is 9.97 Å². The Hall–Kier alpha value is -2.25. The molecule has 0 amide bonds. The quantitative estimate of drug-likeness (QED) is 0.338. The molecule has 0 atom stereocenters. The van der Waals surface area contributed by atoms with E-state index in [2.05, 4.69) is 4.90 Å². The summed E-state index contributed by atoms with van der Waals surface area (Å²) in [6, 6.07) is 20.2. The number of hydrogen-bond acceptors (Lipinski definition) is 6. The maximum atomic E-state index is 10.4. The predicted octanol–water partition coefficient (Wildman–Crippen LogP) is 0.106. The fourth-order valence-electron chi connectivity index (χ4n) is 3.28. The van der Waals surface area contributed by atoms with Gasteiger partial charge in [-0.3, -0.25) is 0 Å². The molecule has 0 radical (unpaired) electrons. The van der Waals surface area contributed by atoms with Crippen molar-refractivity contribution in [3.05, 3.63) is 66.4 Å². The summed E-state index contributed by atoms with van der Waals surface area (Å²) in [5, 5.41) is 10.4. The minimum absolute atomic E-state index is 0. The van der Waals surface area contributed by atoms with Gasteiger partial charge in [0.2, 0.25) is 0 Å². The van der Waals surface area contributed by atoms with Crippen molar-refractivity contribution < 1.29 is 44.2 Å². The molecule has 3 rings (SSSR count). The molecule has 0 saturated heterocycles. The average molecular weight is 427 g/mol. The second-order valence-corrected chi connectivity index (χ2v) is 7.12. The van der Waals surface area contributed by atoms with E-state index in [4.69, 9.17) is 14.7 Å². The normalized spacial score (nSPS) is 10.4. The smallest absolute Gasteiger partial charge is 0.548 e. The number of aryl methyl sites for hydroxylation is 1. The van der Waals surface area contributed by atoms with Gasteiger partial charge < -0.3 is 19.5 Å². The van der Waals surface area contributed by atoms with Crippen LogP contribution in [0.1, 0.15) is 18.5 Å². The maximum Gasteiger partial charge on any atom is 1.00 e. The zero-order valence-electron chi connectivity index (χ0n) is 18.4. The number of ether oxygens (including phenoxy) is 1. The number of aliphatic carboxylic acids is 1. The van der Waals surface area contributed by atoms with Crippen molar-refractivity contribution >= 4 is 11.8 Å². The Bertz CT molecular complexity index is 969. The second kappa shape index (κ2) is 12.6. The van der Waals surface area contributed by atoms with Gasteiger partial charge >= 0.3 is 29.6 Å². The van der Waals surface area contributed by atoms with Gasteiger partial charge in [-0.15, -0.1) is 0 Å². The molecule has 1 aromatic heterocycles. The van der Waals surface area contributed by atoms with Gasteiger partial charge in [0.05, 0.1) is 29.7 Å². The minimum Gasteiger partial charge on any atom is -0.548 e. The largest absolute Gasteiger partial charge is 1.00 e. The Morgan fingerprint density at radius 2 is 1.48 bits per heavy atom. The zero-order valence-corrected chi connectivity index (χ0v) is 20.4. The van der Waals surface area contributed by atoms with Crippen molar-refractivity contribution in [3.8, 4) is 22.5 Å². The Morgan fingerprint density at radius 1 is 0.935 bits per heavy atom. The summed E-state index contributed by atoms with van der Waals surface area (Å²) in [6.07, 6.45) is 1.61. The fraction of sp³-hybridized carbons (Fsp3) is 0.292. The van der Waals surface area contributed by atoms with E-state index in [-0.39, 0.29) is 36.2 Å². The van der Waals surface area contributed by atoms with Crippen molar-refractivity contribution in [2.24, 2.45) is 0 Å². The topological polar surface area (TPSA) is 78.4 Å². The molecule has 0 spiro atoms. The third-order valence-electron chi connectivity index (χ3n) is 4.75. The molecule has 156 valence electrons. The van der Waals surface area contributed by atoms with Crippen molar-refractivity contribution in [2.75, 3.05) is 31.7 Å². The first-order chi connectivity index (χ1) is 14.6. The van der Waals surface area contributed by atoms with Crippen LogP contribution in [0.15, 0.2) is 60.7 Å². The van der Waals surface area contributed by atoms with E-state index in [1.54, 1.807) is 0 Å². The summed E-state index contributed by atoms with van der Waals surface area (Å²) in [5.41, 5.74) is 4.64. The van der Waals surface area contributed by atoms with Crippen LogP contribution in [0, 0.1) is 6.92 Å². The van der Waals surface area contributed by atoms with Crippen LogP contribution in [0.25, 0.3) is 22.5 Å². The van der Waals surface area contributed by atoms with E-state index in [0.29, 0.717) is 6.61 Å². The van der Waals surface area contributed by atoms with Crippen LogP contribution in [0.2, 0.25) is 0 Å². The molecule has 0 fully saturated rings. The molecule has 0 unspecified atom stereocenters. The van der Waals surface area contributed by atoms with Crippen LogP contribution in [0.3, 0.4) is 0 Å². The minimum atomic E-state index is -1.19. The molecule has 7 heteroatoms. The summed E-state index contributed by atoms with van der Waals surface area (Å²) in [4.78, 5) is 22.4. The van der Waals surface area contributed by atoms with E-state index in [1.165, 1.54) is 0 Å². The number of aromatic nitrogens is 2. The molecule has 0 aliphatic rings. The van der Waals surface area contributed by atoms with E-state index in [0.717, 1.165) is 53.4 Å². The molecule has 1 heterocycles. The van der Waals surface area contributed by atoms with Crippen LogP contribution in [0.4, 0.5) is 5.82 Å². The SMILES string of the molecule is Cc1nc(-c2ccccc2)c(-c2ccccc2)nc1N(C)CCCCOCC(=O)[O-].[Na+]. The molecule has 0 saturated carbocycles. The average Bonchev–Trinajstić information content (AvgIpc) is 2.76. The number of benzene rings is 2. The molecule has 0 N–H and O–H groups in total. The first-order valence-corrected chi connectivity index (χ1v) is 10.0. The van der Waals surface area contributed by atoms with Crippen molar-refractivity contribution in [2.45, 2.75) is 19.8 Å². The van der Waals surface area contributed by atoms with Crippen LogP contribution in [0.5, 0.6) is 0 Å². The number of hydrogen-bond donors (Lipinski definition) is 0. The molecular formula is C24H26N3NaO3. The number of unbranched alkanes of at least 4 members (excludes halogenated alkanes) is 1. The number of nitrogens with zero attached hydrogens (tertiary/aromatic N) is 3. The van der Waals surface area contributed by atoms with Gasteiger partial charge in [0, 0.05) is 31.3 Å². The van der Waals surface area contributed by atoms with E-state index in [9.17, 15) is 9.90 Å². The summed E-state index contributed by atoms with van der Waals surface area (Å²) in [7, 11) is 2.00. The van der Waals surface area contributed by atoms with E-state index >= 15 is 0 Å². The van der Waals surface area contributed by atoms with E-state index < -0.39 is 5.97 Å². The van der Waals surface area contributed by atoms with Gasteiger partial charge in [0.15, 0.2) is 5.82 Å². The molecule has 3 aromatic rings. The van der Waals surface area contributed by atoms with Crippen LogP contribution in [-0.2, 0) is 9.53 Å². The first-order valence-electron chi connectivity index (χ1n) is 10.0. The Balaban J connectivity index is 0.00000341. The number of rotatable bonds is 10. The van der Waals surface area contributed by atoms with Crippen molar-refractivity contribution in [1.82, 2.24) is 9.97 Å².